The molecule has 6 nitrogen and oxygen atoms in total. The summed E-state index contributed by atoms with van der Waals surface area (Å²) in [6, 6.07) is 2.82. The number of halogens is 1. The smallest absolute Gasteiger partial charge is 0.335 e. The average Bonchev–Trinajstić information content (AvgIpc) is 2.19. The Morgan fingerprint density at radius 1 is 1.56 bits per heavy atom. The van der Waals surface area contributed by atoms with Crippen molar-refractivity contribution in [3.8, 4) is 0 Å². The van der Waals surface area contributed by atoms with Gasteiger partial charge in [-0.15, -0.1) is 0 Å². The van der Waals surface area contributed by atoms with Gasteiger partial charge in [0, 0.05) is 20.6 Å². The topological polar surface area (TPSA) is 106 Å². The number of carboxylic acids is 1. The SMILES string of the molecule is Nc1c(I)cc(C(=O)O)cc1CC[N+](=O)[O-]. The Morgan fingerprint density at radius 3 is 2.69 bits per heavy atom. The summed E-state index contributed by atoms with van der Waals surface area (Å²) in [5.41, 5.74) is 6.72. The first kappa shape index (κ1) is 12.7. The third-order valence-corrected chi connectivity index (χ3v) is 2.92. The van der Waals surface area contributed by atoms with Crippen LogP contribution in [0.2, 0.25) is 0 Å². The van der Waals surface area contributed by atoms with Crippen molar-refractivity contribution in [1.82, 2.24) is 0 Å². The van der Waals surface area contributed by atoms with E-state index in [1.54, 1.807) is 0 Å². The summed E-state index contributed by atoms with van der Waals surface area (Å²) in [6.45, 7) is -0.261. The Bertz CT molecular complexity index is 447. The maximum Gasteiger partial charge on any atom is 0.335 e. The molecule has 0 heterocycles. The highest BCUT2D eigenvalue weighted by atomic mass is 127. The normalized spacial score (nSPS) is 10.1. The van der Waals surface area contributed by atoms with E-state index in [9.17, 15) is 14.9 Å². The van der Waals surface area contributed by atoms with Crippen molar-refractivity contribution in [2.45, 2.75) is 6.42 Å². The Morgan fingerprint density at radius 2 is 2.19 bits per heavy atom. The molecule has 7 heteroatoms. The van der Waals surface area contributed by atoms with Gasteiger partial charge in [-0.05, 0) is 40.3 Å². The van der Waals surface area contributed by atoms with Gasteiger partial charge in [0.15, 0.2) is 0 Å². The Kier molecular flexibility index (Phi) is 4.05. The number of carbonyl (C=O) groups is 1. The van der Waals surface area contributed by atoms with E-state index in [0.717, 1.165) is 0 Å². The molecule has 0 amide bonds. The second-order valence-electron chi connectivity index (χ2n) is 3.14. The number of carboxylic acid groups (broad SMARTS) is 1. The van der Waals surface area contributed by atoms with E-state index in [1.807, 2.05) is 22.6 Å². The van der Waals surface area contributed by atoms with Gasteiger partial charge in [0.25, 0.3) is 0 Å². The van der Waals surface area contributed by atoms with E-state index < -0.39 is 10.9 Å². The van der Waals surface area contributed by atoms with E-state index in [-0.39, 0.29) is 18.5 Å². The number of aromatic carboxylic acids is 1. The van der Waals surface area contributed by atoms with E-state index >= 15 is 0 Å². The van der Waals surface area contributed by atoms with Crippen LogP contribution in [0.15, 0.2) is 12.1 Å². The Labute approximate surface area is 105 Å². The summed E-state index contributed by atoms with van der Waals surface area (Å²) in [4.78, 5) is 20.6. The first-order chi connectivity index (χ1) is 7.41. The zero-order chi connectivity index (χ0) is 12.3. The molecule has 0 unspecified atom stereocenters. The zero-order valence-electron chi connectivity index (χ0n) is 8.14. The molecule has 16 heavy (non-hydrogen) atoms. The molecule has 86 valence electrons. The fraction of sp³-hybridized carbons (Fsp3) is 0.222. The number of nitrogens with two attached hydrogens (primary N) is 1. The number of benzene rings is 1. The lowest BCUT2D eigenvalue weighted by Crippen LogP contribution is -2.09. The summed E-state index contributed by atoms with van der Waals surface area (Å²) in [6.07, 6.45) is 0.135. The molecule has 0 saturated carbocycles. The lowest BCUT2D eigenvalue weighted by molar-refractivity contribution is -0.479. The van der Waals surface area contributed by atoms with Gasteiger partial charge in [-0.2, -0.15) is 0 Å². The van der Waals surface area contributed by atoms with Crippen LogP contribution in [0, 0.1) is 13.7 Å². The van der Waals surface area contributed by atoms with Crippen LogP contribution in [0.1, 0.15) is 15.9 Å². The van der Waals surface area contributed by atoms with Crippen molar-refractivity contribution in [2.24, 2.45) is 0 Å². The third kappa shape index (κ3) is 3.05. The van der Waals surface area contributed by atoms with Crippen LogP contribution in [-0.2, 0) is 6.42 Å². The molecule has 1 rings (SSSR count). The molecule has 0 aromatic heterocycles. The zero-order valence-corrected chi connectivity index (χ0v) is 10.3. The first-order valence-electron chi connectivity index (χ1n) is 4.35. The minimum Gasteiger partial charge on any atom is -0.478 e. The maximum atomic E-state index is 10.8. The van der Waals surface area contributed by atoms with Crippen molar-refractivity contribution < 1.29 is 14.8 Å². The molecule has 3 N–H and O–H groups in total. The molecule has 0 bridgehead atoms. The molecule has 0 saturated heterocycles. The Balaban J connectivity index is 3.06. The number of rotatable bonds is 4. The van der Waals surface area contributed by atoms with E-state index in [0.29, 0.717) is 14.8 Å². The van der Waals surface area contributed by atoms with Crippen LogP contribution >= 0.6 is 22.6 Å². The maximum absolute atomic E-state index is 10.8. The van der Waals surface area contributed by atoms with Crippen molar-refractivity contribution in [2.75, 3.05) is 12.3 Å². The van der Waals surface area contributed by atoms with E-state index in [1.165, 1.54) is 12.1 Å². The number of nitrogens with zero attached hydrogens (tertiary/aromatic N) is 1. The number of hydrogen-bond acceptors (Lipinski definition) is 4. The lowest BCUT2D eigenvalue weighted by Gasteiger charge is -2.07. The van der Waals surface area contributed by atoms with Crippen LogP contribution in [0.3, 0.4) is 0 Å². The molecule has 0 aliphatic rings. The average molecular weight is 336 g/mol. The van der Waals surface area contributed by atoms with Crippen LogP contribution in [-0.4, -0.2) is 22.5 Å². The quantitative estimate of drug-likeness (QED) is 0.374. The Hall–Kier alpha value is -1.38. The molecule has 1 aromatic rings. The van der Waals surface area contributed by atoms with Gasteiger partial charge in [0.05, 0.1) is 5.56 Å². The van der Waals surface area contributed by atoms with Crippen LogP contribution in [0.4, 0.5) is 5.69 Å². The molecule has 1 aromatic carbocycles. The van der Waals surface area contributed by atoms with Gasteiger partial charge in [0.1, 0.15) is 0 Å². The molecular weight excluding hydrogens is 327 g/mol. The van der Waals surface area contributed by atoms with Crippen molar-refractivity contribution in [3.05, 3.63) is 36.9 Å². The van der Waals surface area contributed by atoms with Gasteiger partial charge in [-0.3, -0.25) is 10.1 Å². The number of nitro groups is 1. The van der Waals surface area contributed by atoms with Gasteiger partial charge in [-0.25, -0.2) is 4.79 Å². The molecule has 0 spiro atoms. The van der Waals surface area contributed by atoms with Gasteiger partial charge in [-0.1, -0.05) is 0 Å². The summed E-state index contributed by atoms with van der Waals surface area (Å²) < 4.78 is 0.593. The number of nitrogen functional groups attached to an aromatic ring is 1. The standard InChI is InChI=1S/C9H9IN2O4/c10-7-4-6(9(13)14)3-5(8(7)11)1-2-12(15)16/h3-4H,1-2,11H2,(H,13,14). The minimum atomic E-state index is -1.07. The van der Waals surface area contributed by atoms with Crippen molar-refractivity contribution in [1.29, 1.82) is 0 Å². The highest BCUT2D eigenvalue weighted by molar-refractivity contribution is 14.1. The molecular formula is C9H9IN2O4. The predicted molar refractivity (Wildman–Crippen MR) is 66.1 cm³/mol. The van der Waals surface area contributed by atoms with Crippen LogP contribution in [0.25, 0.3) is 0 Å². The fourth-order valence-corrected chi connectivity index (χ4v) is 1.90. The van der Waals surface area contributed by atoms with Gasteiger partial charge >= 0.3 is 5.97 Å². The van der Waals surface area contributed by atoms with Gasteiger partial charge in [0.2, 0.25) is 6.54 Å². The van der Waals surface area contributed by atoms with E-state index in [2.05, 4.69) is 0 Å². The number of hydrogen-bond donors (Lipinski definition) is 2. The van der Waals surface area contributed by atoms with Crippen molar-refractivity contribution >= 4 is 34.2 Å². The summed E-state index contributed by atoms with van der Waals surface area (Å²) >= 11 is 1.91. The summed E-state index contributed by atoms with van der Waals surface area (Å²) in [7, 11) is 0. The largest absolute Gasteiger partial charge is 0.478 e. The summed E-state index contributed by atoms with van der Waals surface area (Å²) in [5.74, 6) is -1.07. The molecule has 0 aliphatic heterocycles. The first-order valence-corrected chi connectivity index (χ1v) is 5.42. The van der Waals surface area contributed by atoms with Gasteiger partial charge < -0.3 is 10.8 Å². The van der Waals surface area contributed by atoms with E-state index in [4.69, 9.17) is 10.8 Å². The molecule has 0 aliphatic carbocycles. The van der Waals surface area contributed by atoms with Crippen LogP contribution < -0.4 is 5.73 Å². The highest BCUT2D eigenvalue weighted by Gasteiger charge is 2.12. The lowest BCUT2D eigenvalue weighted by atomic mass is 10.1. The molecule has 0 radical (unpaired) electrons. The predicted octanol–water partition coefficient (Wildman–Crippen LogP) is 1.39. The highest BCUT2D eigenvalue weighted by Crippen LogP contribution is 2.22. The number of anilines is 1. The second-order valence-corrected chi connectivity index (χ2v) is 4.30. The molecule has 0 atom stereocenters. The third-order valence-electron chi connectivity index (χ3n) is 2.03. The summed E-state index contributed by atoms with van der Waals surface area (Å²) in [5, 5.41) is 19.1. The second kappa shape index (κ2) is 5.10. The minimum absolute atomic E-state index is 0.0944. The monoisotopic (exact) mass is 336 g/mol. The molecule has 0 fully saturated rings. The van der Waals surface area contributed by atoms with Crippen molar-refractivity contribution in [3.63, 3.8) is 0 Å². The fourth-order valence-electron chi connectivity index (χ4n) is 1.22. The van der Waals surface area contributed by atoms with Crippen LogP contribution in [0.5, 0.6) is 0 Å².